The molecule has 0 aliphatic carbocycles. The Morgan fingerprint density at radius 2 is 2.03 bits per heavy atom. The number of carbonyl (C=O) groups is 2. The maximum absolute atomic E-state index is 13.0. The molecule has 1 aliphatic rings. The van der Waals surface area contributed by atoms with Crippen molar-refractivity contribution in [3.05, 3.63) is 60.7 Å². The van der Waals surface area contributed by atoms with Crippen LogP contribution in [0.4, 0.5) is 17.1 Å². The molecule has 2 amide bonds. The number of fused-ring (bicyclic) bond motifs is 1. The Labute approximate surface area is 171 Å². The Bertz CT molecular complexity index is 950. The molecule has 1 N–H and O–H groups in total. The molecule has 1 aliphatic heterocycles. The third kappa shape index (κ3) is 4.26. The molecular weight excluding hydrogens is 366 g/mol. The number of ether oxygens (including phenoxy) is 1. The monoisotopic (exact) mass is 393 g/mol. The van der Waals surface area contributed by atoms with Crippen molar-refractivity contribution in [2.45, 2.75) is 13.8 Å². The molecule has 0 spiro atoms. The lowest BCUT2D eigenvalue weighted by atomic mass is 9.93. The Morgan fingerprint density at radius 1 is 1.28 bits per heavy atom. The minimum atomic E-state index is -0.655. The summed E-state index contributed by atoms with van der Waals surface area (Å²) in [5.41, 5.74) is 2.06. The van der Waals surface area contributed by atoms with Crippen LogP contribution in [0.15, 0.2) is 55.1 Å². The first kappa shape index (κ1) is 20.5. The van der Waals surface area contributed by atoms with E-state index in [1.54, 1.807) is 35.2 Å². The van der Waals surface area contributed by atoms with E-state index in [2.05, 4.69) is 11.9 Å². The predicted octanol–water partition coefficient (Wildman–Crippen LogP) is 3.94. The van der Waals surface area contributed by atoms with Gasteiger partial charge >= 0.3 is 0 Å². The highest BCUT2D eigenvalue weighted by Gasteiger charge is 2.37. The van der Waals surface area contributed by atoms with E-state index in [9.17, 15) is 9.59 Å². The summed E-state index contributed by atoms with van der Waals surface area (Å²) in [7, 11) is 3.85. The molecule has 0 atom stereocenters. The van der Waals surface area contributed by atoms with Crippen molar-refractivity contribution in [1.29, 1.82) is 0 Å². The van der Waals surface area contributed by atoms with Crippen molar-refractivity contribution >= 4 is 28.9 Å². The van der Waals surface area contributed by atoms with Crippen LogP contribution >= 0.6 is 0 Å². The first-order valence-corrected chi connectivity index (χ1v) is 9.51. The van der Waals surface area contributed by atoms with Gasteiger partial charge in [-0.05, 0) is 50.2 Å². The van der Waals surface area contributed by atoms with Crippen LogP contribution in [0.5, 0.6) is 5.75 Å². The van der Waals surface area contributed by atoms with Crippen LogP contribution in [0, 0.1) is 5.41 Å². The fourth-order valence-corrected chi connectivity index (χ4v) is 3.16. The highest BCUT2D eigenvalue weighted by molar-refractivity contribution is 6.06. The highest BCUT2D eigenvalue weighted by atomic mass is 16.5. The summed E-state index contributed by atoms with van der Waals surface area (Å²) in [6, 6.07) is 12.7. The van der Waals surface area contributed by atoms with Crippen LogP contribution in [0.3, 0.4) is 0 Å². The number of amides is 2. The average Bonchev–Trinajstić information content (AvgIpc) is 2.78. The number of carbonyl (C=O) groups excluding carboxylic acids is 2. The topological polar surface area (TPSA) is 61.9 Å². The number of benzene rings is 2. The van der Waals surface area contributed by atoms with Gasteiger partial charge < -0.3 is 19.9 Å². The lowest BCUT2D eigenvalue weighted by Crippen LogP contribution is -2.42. The Balaban J connectivity index is 1.91. The van der Waals surface area contributed by atoms with E-state index < -0.39 is 5.41 Å². The van der Waals surface area contributed by atoms with Gasteiger partial charge in [-0.3, -0.25) is 9.59 Å². The molecule has 0 fully saturated rings. The standard InChI is InChI=1S/C23H27N3O3/c1-6-12-26-19-14-17(10-11-20(19)29-15-23(2,3)22(26)28)24-21(27)16-8-7-9-18(13-16)25(4)5/h6-11,13-14H,1,12,15H2,2-5H3,(H,24,27). The Hall–Kier alpha value is -3.28. The van der Waals surface area contributed by atoms with Crippen molar-refractivity contribution in [1.82, 2.24) is 0 Å². The van der Waals surface area contributed by atoms with E-state index in [0.29, 0.717) is 29.2 Å². The smallest absolute Gasteiger partial charge is 0.255 e. The third-order valence-electron chi connectivity index (χ3n) is 4.86. The molecule has 0 aromatic heterocycles. The molecule has 2 aromatic carbocycles. The summed E-state index contributed by atoms with van der Waals surface area (Å²) in [5.74, 6) is 0.349. The van der Waals surface area contributed by atoms with Crippen LogP contribution < -0.4 is 19.9 Å². The maximum atomic E-state index is 13.0. The molecule has 152 valence electrons. The van der Waals surface area contributed by atoms with Crippen LogP contribution in [0.1, 0.15) is 24.2 Å². The summed E-state index contributed by atoms with van der Waals surface area (Å²) < 4.78 is 5.88. The van der Waals surface area contributed by atoms with Gasteiger partial charge in [0.25, 0.3) is 5.91 Å². The fourth-order valence-electron chi connectivity index (χ4n) is 3.16. The van der Waals surface area contributed by atoms with Gasteiger partial charge in [0, 0.05) is 37.6 Å². The lowest BCUT2D eigenvalue weighted by Gasteiger charge is -2.27. The second-order valence-corrected chi connectivity index (χ2v) is 7.96. The van der Waals surface area contributed by atoms with Gasteiger partial charge in [0.2, 0.25) is 5.91 Å². The van der Waals surface area contributed by atoms with Gasteiger partial charge in [0.15, 0.2) is 0 Å². The van der Waals surface area contributed by atoms with Crippen molar-refractivity contribution in [3.8, 4) is 5.75 Å². The fraction of sp³-hybridized carbons (Fsp3) is 0.304. The maximum Gasteiger partial charge on any atom is 0.255 e. The molecule has 6 nitrogen and oxygen atoms in total. The molecule has 0 radical (unpaired) electrons. The second-order valence-electron chi connectivity index (χ2n) is 7.96. The molecular formula is C23H27N3O3. The van der Waals surface area contributed by atoms with Gasteiger partial charge in [-0.25, -0.2) is 0 Å². The van der Waals surface area contributed by atoms with Crippen LogP contribution in [0.2, 0.25) is 0 Å². The molecule has 0 saturated carbocycles. The minimum absolute atomic E-state index is 0.0432. The zero-order valence-electron chi connectivity index (χ0n) is 17.4. The molecule has 0 saturated heterocycles. The number of nitrogens with zero attached hydrogens (tertiary/aromatic N) is 2. The van der Waals surface area contributed by atoms with Gasteiger partial charge in [0.05, 0.1) is 11.1 Å². The van der Waals surface area contributed by atoms with Gasteiger partial charge in [-0.2, -0.15) is 0 Å². The Kier molecular flexibility index (Phi) is 5.64. The molecule has 6 heteroatoms. The minimum Gasteiger partial charge on any atom is -0.490 e. The molecule has 0 bridgehead atoms. The zero-order chi connectivity index (χ0) is 21.2. The normalized spacial score (nSPS) is 15.0. The van der Waals surface area contributed by atoms with E-state index in [1.807, 2.05) is 51.0 Å². The molecule has 2 aromatic rings. The van der Waals surface area contributed by atoms with Gasteiger partial charge in [-0.15, -0.1) is 6.58 Å². The summed E-state index contributed by atoms with van der Waals surface area (Å²) >= 11 is 0. The first-order chi connectivity index (χ1) is 13.7. The van der Waals surface area contributed by atoms with Crippen LogP contribution in [-0.2, 0) is 4.79 Å². The van der Waals surface area contributed by atoms with E-state index in [4.69, 9.17) is 4.74 Å². The summed E-state index contributed by atoms with van der Waals surface area (Å²) in [5, 5.41) is 2.92. The van der Waals surface area contributed by atoms with Gasteiger partial charge in [-0.1, -0.05) is 12.1 Å². The predicted molar refractivity (Wildman–Crippen MR) is 117 cm³/mol. The molecule has 3 rings (SSSR count). The average molecular weight is 393 g/mol. The highest BCUT2D eigenvalue weighted by Crippen LogP contribution is 2.38. The third-order valence-corrected chi connectivity index (χ3v) is 4.86. The van der Waals surface area contributed by atoms with Crippen molar-refractivity contribution in [2.24, 2.45) is 5.41 Å². The molecule has 1 heterocycles. The van der Waals surface area contributed by atoms with E-state index in [1.165, 1.54) is 0 Å². The number of hydrogen-bond donors (Lipinski definition) is 1. The van der Waals surface area contributed by atoms with Crippen molar-refractivity contribution in [2.75, 3.05) is 42.4 Å². The number of rotatable bonds is 5. The summed E-state index contributed by atoms with van der Waals surface area (Å²) in [6.07, 6.45) is 1.68. The Morgan fingerprint density at radius 3 is 2.72 bits per heavy atom. The summed E-state index contributed by atoms with van der Waals surface area (Å²) in [4.78, 5) is 29.3. The van der Waals surface area contributed by atoms with Crippen molar-refractivity contribution in [3.63, 3.8) is 0 Å². The van der Waals surface area contributed by atoms with E-state index in [-0.39, 0.29) is 18.4 Å². The quantitative estimate of drug-likeness (QED) is 0.782. The second kappa shape index (κ2) is 7.99. The lowest BCUT2D eigenvalue weighted by molar-refractivity contribution is -0.127. The van der Waals surface area contributed by atoms with Crippen molar-refractivity contribution < 1.29 is 14.3 Å². The SMILES string of the molecule is C=CCN1C(=O)C(C)(C)COc2ccc(NC(=O)c3cccc(N(C)C)c3)cc21. The number of hydrogen-bond acceptors (Lipinski definition) is 4. The van der Waals surface area contributed by atoms with Crippen LogP contribution in [0.25, 0.3) is 0 Å². The molecule has 0 unspecified atom stereocenters. The summed E-state index contributed by atoms with van der Waals surface area (Å²) in [6.45, 7) is 8.13. The number of anilines is 3. The van der Waals surface area contributed by atoms with E-state index >= 15 is 0 Å². The first-order valence-electron chi connectivity index (χ1n) is 9.51. The number of nitrogens with one attached hydrogen (secondary N) is 1. The van der Waals surface area contributed by atoms with E-state index in [0.717, 1.165) is 5.69 Å². The van der Waals surface area contributed by atoms with Gasteiger partial charge in [0.1, 0.15) is 12.4 Å². The zero-order valence-corrected chi connectivity index (χ0v) is 17.4. The largest absolute Gasteiger partial charge is 0.490 e. The molecule has 29 heavy (non-hydrogen) atoms. The van der Waals surface area contributed by atoms with Crippen LogP contribution in [-0.4, -0.2) is 39.1 Å².